The van der Waals surface area contributed by atoms with E-state index >= 15 is 0 Å². The van der Waals surface area contributed by atoms with Gasteiger partial charge >= 0.3 is 5.97 Å². The summed E-state index contributed by atoms with van der Waals surface area (Å²) in [6.45, 7) is 3.52. The zero-order valence-electron chi connectivity index (χ0n) is 19.6. The Balaban J connectivity index is 1.98. The van der Waals surface area contributed by atoms with Crippen LogP contribution in [0.5, 0.6) is 5.75 Å². The van der Waals surface area contributed by atoms with E-state index in [2.05, 4.69) is 11.4 Å². The van der Waals surface area contributed by atoms with E-state index in [9.17, 15) is 19.6 Å². The highest BCUT2D eigenvalue weighted by atomic mass is 35.5. The van der Waals surface area contributed by atoms with Crippen LogP contribution >= 0.6 is 35.0 Å². The second kappa shape index (κ2) is 12.5. The van der Waals surface area contributed by atoms with Crippen molar-refractivity contribution in [2.75, 3.05) is 32.6 Å². The van der Waals surface area contributed by atoms with Crippen molar-refractivity contribution in [1.82, 2.24) is 10.2 Å². The summed E-state index contributed by atoms with van der Waals surface area (Å²) in [5, 5.41) is 13.3. The lowest BCUT2D eigenvalue weighted by Crippen LogP contribution is -2.44. The third kappa shape index (κ3) is 6.24. The predicted octanol–water partition coefficient (Wildman–Crippen LogP) is 4.27. The van der Waals surface area contributed by atoms with Crippen molar-refractivity contribution in [2.24, 2.45) is 5.92 Å². The van der Waals surface area contributed by atoms with Crippen LogP contribution in [0.25, 0.3) is 0 Å². The number of likely N-dealkylation sites (tertiary alicyclic amines) is 1. The Bertz CT molecular complexity index is 1040. The fourth-order valence-electron chi connectivity index (χ4n) is 4.27. The summed E-state index contributed by atoms with van der Waals surface area (Å²) in [6.07, 6.45) is 4.11. The topological polar surface area (TPSA) is 109 Å². The third-order valence-electron chi connectivity index (χ3n) is 5.95. The molecule has 0 bridgehead atoms. The molecule has 2 aliphatic rings. The number of rotatable bonds is 7. The number of ether oxygens (including phenoxy) is 2. The Morgan fingerprint density at radius 2 is 1.83 bits per heavy atom. The van der Waals surface area contributed by atoms with Gasteiger partial charge in [0.2, 0.25) is 11.8 Å². The quantitative estimate of drug-likeness (QED) is 0.407. The van der Waals surface area contributed by atoms with Crippen molar-refractivity contribution in [3.63, 3.8) is 0 Å². The normalized spacial score (nSPS) is 20.5. The largest absolute Gasteiger partial charge is 0.491 e. The molecule has 0 aromatic heterocycles. The average molecular weight is 540 g/mol. The van der Waals surface area contributed by atoms with Crippen LogP contribution in [0, 0.1) is 17.2 Å². The molecule has 2 heterocycles. The van der Waals surface area contributed by atoms with Crippen molar-refractivity contribution in [1.29, 1.82) is 5.26 Å². The number of amides is 2. The highest BCUT2D eigenvalue weighted by molar-refractivity contribution is 8.03. The first-order chi connectivity index (χ1) is 16.8. The number of thioether (sulfide) groups is 1. The molecule has 0 aliphatic carbocycles. The minimum Gasteiger partial charge on any atom is -0.491 e. The lowest BCUT2D eigenvalue weighted by molar-refractivity contribution is -0.150. The minimum atomic E-state index is -1.33. The van der Waals surface area contributed by atoms with Gasteiger partial charge in [0, 0.05) is 19.0 Å². The van der Waals surface area contributed by atoms with E-state index in [0.29, 0.717) is 25.3 Å². The fourth-order valence-corrected chi connectivity index (χ4v) is 5.83. The summed E-state index contributed by atoms with van der Waals surface area (Å²) >= 11 is 13.8. The maximum atomic E-state index is 13.0. The summed E-state index contributed by atoms with van der Waals surface area (Å²) in [5.41, 5.74) is 0.521. The number of carbonyl (C=O) groups is 3. The molecule has 3 rings (SSSR count). The third-order valence-corrected chi connectivity index (χ3v) is 7.51. The van der Waals surface area contributed by atoms with Gasteiger partial charge in [-0.1, -0.05) is 47.8 Å². The van der Waals surface area contributed by atoms with Crippen LogP contribution < -0.4 is 10.1 Å². The van der Waals surface area contributed by atoms with Gasteiger partial charge in [-0.3, -0.25) is 14.4 Å². The number of nitrogens with zero attached hydrogens (tertiary/aromatic N) is 2. The molecule has 2 atom stereocenters. The zero-order chi connectivity index (χ0) is 25.5. The van der Waals surface area contributed by atoms with E-state index in [1.165, 1.54) is 19.2 Å². The number of benzene rings is 1. The molecule has 0 unspecified atom stereocenters. The molecule has 0 spiro atoms. The first-order valence-electron chi connectivity index (χ1n) is 11.4. The highest BCUT2D eigenvalue weighted by Crippen LogP contribution is 2.44. The van der Waals surface area contributed by atoms with Crippen LogP contribution in [-0.2, 0) is 19.1 Å². The zero-order valence-corrected chi connectivity index (χ0v) is 21.9. The number of esters is 1. The molecule has 1 fully saturated rings. The number of nitrogens with one attached hydrogen (secondary N) is 1. The van der Waals surface area contributed by atoms with Crippen molar-refractivity contribution < 1.29 is 23.9 Å². The molecular weight excluding hydrogens is 513 g/mol. The smallest absolute Gasteiger partial charge is 0.319 e. The van der Waals surface area contributed by atoms with Gasteiger partial charge in [-0.15, -0.1) is 0 Å². The van der Waals surface area contributed by atoms with E-state index in [-0.39, 0.29) is 38.1 Å². The second-order valence-electron chi connectivity index (χ2n) is 8.15. The monoisotopic (exact) mass is 539 g/mol. The SMILES string of the molecule is CCOc1c(Cl)cc([C@H]2C(C#N)=C(SCC(=O)N3CCCCCC3)NC(=O)[C@@H]2C(=O)OC)cc1Cl. The van der Waals surface area contributed by atoms with Crippen molar-refractivity contribution in [3.05, 3.63) is 38.3 Å². The lowest BCUT2D eigenvalue weighted by Gasteiger charge is -2.31. The number of carbonyl (C=O) groups excluding carboxylic acids is 3. The Kier molecular flexibility index (Phi) is 9.72. The fraction of sp³-hybridized carbons (Fsp3) is 0.500. The van der Waals surface area contributed by atoms with Gasteiger partial charge in [0.1, 0.15) is 5.92 Å². The van der Waals surface area contributed by atoms with E-state index in [1.807, 2.05) is 4.90 Å². The summed E-state index contributed by atoms with van der Waals surface area (Å²) < 4.78 is 10.3. The molecule has 0 radical (unpaired) electrons. The van der Waals surface area contributed by atoms with E-state index in [4.69, 9.17) is 32.7 Å². The molecule has 11 heteroatoms. The molecule has 35 heavy (non-hydrogen) atoms. The van der Waals surface area contributed by atoms with Gasteiger partial charge in [-0.05, 0) is 37.5 Å². The molecule has 8 nitrogen and oxygen atoms in total. The molecule has 1 saturated heterocycles. The first-order valence-corrected chi connectivity index (χ1v) is 13.1. The van der Waals surface area contributed by atoms with Crippen LogP contribution in [0.2, 0.25) is 10.0 Å². The number of methoxy groups -OCH3 is 1. The van der Waals surface area contributed by atoms with E-state index in [0.717, 1.165) is 37.4 Å². The Hall–Kier alpha value is -2.41. The van der Waals surface area contributed by atoms with Gasteiger partial charge in [0.25, 0.3) is 0 Å². The predicted molar refractivity (Wildman–Crippen MR) is 134 cm³/mol. The molecule has 1 N–H and O–H groups in total. The van der Waals surface area contributed by atoms with E-state index < -0.39 is 23.7 Å². The second-order valence-corrected chi connectivity index (χ2v) is 9.95. The maximum absolute atomic E-state index is 13.0. The van der Waals surface area contributed by atoms with Crippen LogP contribution in [0.3, 0.4) is 0 Å². The number of nitriles is 1. The number of halogens is 2. The van der Waals surface area contributed by atoms with Crippen LogP contribution in [0.1, 0.15) is 44.1 Å². The number of hydrogen-bond acceptors (Lipinski definition) is 7. The average Bonchev–Trinajstić information content (AvgIpc) is 3.13. The molecular formula is C24H27Cl2N3O5S. The van der Waals surface area contributed by atoms with Gasteiger partial charge < -0.3 is 19.7 Å². The lowest BCUT2D eigenvalue weighted by atomic mass is 9.78. The van der Waals surface area contributed by atoms with Gasteiger partial charge in [-0.25, -0.2) is 0 Å². The molecule has 2 amide bonds. The van der Waals surface area contributed by atoms with Crippen LogP contribution in [0.4, 0.5) is 0 Å². The number of allylic oxidation sites excluding steroid dienone is 1. The van der Waals surface area contributed by atoms with Gasteiger partial charge in [-0.2, -0.15) is 5.26 Å². The first kappa shape index (κ1) is 27.2. The van der Waals surface area contributed by atoms with Crippen molar-refractivity contribution in [2.45, 2.75) is 38.5 Å². The molecule has 0 saturated carbocycles. The molecule has 1 aromatic carbocycles. The minimum absolute atomic E-state index is 0.0567. The van der Waals surface area contributed by atoms with Gasteiger partial charge in [0.15, 0.2) is 5.75 Å². The highest BCUT2D eigenvalue weighted by Gasteiger charge is 2.45. The Labute approximate surface area is 218 Å². The standard InChI is InChI=1S/C24H27Cl2N3O5S/c1-3-34-21-16(25)10-14(11-17(21)26)19-15(12-27)23(28-22(31)20(19)24(32)33-2)35-13-18(30)29-8-6-4-5-7-9-29/h10-11,19-20H,3-9,13H2,1-2H3,(H,28,31)/t19-,20+/m0/s1. The molecule has 188 valence electrons. The maximum Gasteiger partial charge on any atom is 0.319 e. The van der Waals surface area contributed by atoms with E-state index in [1.54, 1.807) is 6.92 Å². The van der Waals surface area contributed by atoms with Crippen LogP contribution in [-0.4, -0.2) is 55.2 Å². The summed E-state index contributed by atoms with van der Waals surface area (Å²) in [4.78, 5) is 40.2. The summed E-state index contributed by atoms with van der Waals surface area (Å²) in [7, 11) is 1.17. The van der Waals surface area contributed by atoms with Crippen molar-refractivity contribution >= 4 is 52.7 Å². The Morgan fingerprint density at radius 3 is 2.37 bits per heavy atom. The van der Waals surface area contributed by atoms with Crippen molar-refractivity contribution in [3.8, 4) is 11.8 Å². The molecule has 1 aromatic rings. The van der Waals surface area contributed by atoms with Gasteiger partial charge in [0.05, 0.1) is 46.2 Å². The van der Waals surface area contributed by atoms with Crippen LogP contribution in [0.15, 0.2) is 22.7 Å². The number of hydrogen-bond donors (Lipinski definition) is 1. The molecule has 2 aliphatic heterocycles. The summed E-state index contributed by atoms with van der Waals surface area (Å²) in [5.74, 6) is -3.49. The Morgan fingerprint density at radius 1 is 1.20 bits per heavy atom. The summed E-state index contributed by atoms with van der Waals surface area (Å²) in [6, 6.07) is 5.17.